The number of aromatic nitrogens is 2. The molecule has 0 bridgehead atoms. The maximum Gasteiger partial charge on any atom is 0.359 e. The number of fused-ring (bicyclic) bond motifs is 1. The summed E-state index contributed by atoms with van der Waals surface area (Å²) in [7, 11) is 1.50. The predicted molar refractivity (Wildman–Crippen MR) is 88.4 cm³/mol. The predicted octanol–water partition coefficient (Wildman–Crippen LogP) is 2.91. The Morgan fingerprint density at radius 1 is 1.08 bits per heavy atom. The second-order valence-electron chi connectivity index (χ2n) is 5.00. The lowest BCUT2D eigenvalue weighted by molar-refractivity contribution is 0.0521. The van der Waals surface area contributed by atoms with Crippen LogP contribution < -0.4 is 4.74 Å². The summed E-state index contributed by atoms with van der Waals surface area (Å²) in [6.45, 7) is 1.96. The summed E-state index contributed by atoms with van der Waals surface area (Å²) in [6.07, 6.45) is 0. The monoisotopic (exact) mass is 324 g/mol. The largest absolute Gasteiger partial charge is 0.496 e. The summed E-state index contributed by atoms with van der Waals surface area (Å²) in [4.78, 5) is 25.0. The van der Waals surface area contributed by atoms with Gasteiger partial charge in [0.15, 0.2) is 5.69 Å². The molecular formula is C18H16N2O4. The number of nitrogens with zero attached hydrogens (tertiary/aromatic N) is 2. The molecule has 0 fully saturated rings. The second-order valence-corrected chi connectivity index (χ2v) is 5.00. The molecule has 3 aromatic rings. The van der Waals surface area contributed by atoms with Crippen molar-refractivity contribution in [2.45, 2.75) is 6.92 Å². The molecule has 0 saturated heterocycles. The Balaban J connectivity index is 2.16. The van der Waals surface area contributed by atoms with Gasteiger partial charge < -0.3 is 9.47 Å². The number of esters is 1. The SMILES string of the molecule is CCOC(=O)c1nn(C(=O)c2ccccc2OC)c2ccccc12. The van der Waals surface area contributed by atoms with Crippen molar-refractivity contribution in [2.75, 3.05) is 13.7 Å². The number of benzene rings is 2. The Hall–Kier alpha value is -3.15. The number of carbonyl (C=O) groups is 2. The van der Waals surface area contributed by atoms with Gasteiger partial charge in [-0.15, -0.1) is 0 Å². The van der Waals surface area contributed by atoms with Gasteiger partial charge in [-0.1, -0.05) is 30.3 Å². The zero-order chi connectivity index (χ0) is 17.1. The number of carbonyl (C=O) groups excluding carboxylic acids is 2. The highest BCUT2D eigenvalue weighted by molar-refractivity contribution is 6.08. The number of ether oxygens (including phenoxy) is 2. The Bertz CT molecular complexity index is 914. The fourth-order valence-corrected chi connectivity index (χ4v) is 2.51. The van der Waals surface area contributed by atoms with Crippen LogP contribution in [0.1, 0.15) is 27.8 Å². The zero-order valence-electron chi connectivity index (χ0n) is 13.4. The number of hydrogen-bond donors (Lipinski definition) is 0. The lowest BCUT2D eigenvalue weighted by Crippen LogP contribution is -2.16. The van der Waals surface area contributed by atoms with Gasteiger partial charge in [-0.2, -0.15) is 9.78 Å². The zero-order valence-corrected chi connectivity index (χ0v) is 13.4. The van der Waals surface area contributed by atoms with Gasteiger partial charge in [0, 0.05) is 5.39 Å². The van der Waals surface area contributed by atoms with Gasteiger partial charge >= 0.3 is 5.97 Å². The van der Waals surface area contributed by atoms with Crippen LogP contribution in [0.5, 0.6) is 5.75 Å². The van der Waals surface area contributed by atoms with Crippen molar-refractivity contribution in [2.24, 2.45) is 0 Å². The van der Waals surface area contributed by atoms with E-state index in [1.165, 1.54) is 11.8 Å². The molecule has 0 saturated carbocycles. The number of methoxy groups -OCH3 is 1. The van der Waals surface area contributed by atoms with E-state index in [0.29, 0.717) is 22.2 Å². The van der Waals surface area contributed by atoms with Gasteiger partial charge in [-0.3, -0.25) is 4.79 Å². The lowest BCUT2D eigenvalue weighted by Gasteiger charge is -2.07. The normalized spacial score (nSPS) is 10.6. The highest BCUT2D eigenvalue weighted by Crippen LogP contribution is 2.23. The van der Waals surface area contributed by atoms with E-state index in [4.69, 9.17) is 9.47 Å². The molecule has 0 unspecified atom stereocenters. The molecule has 0 aliphatic heterocycles. The standard InChI is InChI=1S/C18H16N2O4/c1-3-24-18(22)16-12-8-4-6-10-14(12)20(19-16)17(21)13-9-5-7-11-15(13)23-2/h4-11H,3H2,1-2H3. The molecule has 24 heavy (non-hydrogen) atoms. The van der Waals surface area contributed by atoms with Gasteiger partial charge in [0.25, 0.3) is 5.91 Å². The van der Waals surface area contributed by atoms with Crippen molar-refractivity contribution in [1.29, 1.82) is 0 Å². The van der Waals surface area contributed by atoms with Crippen molar-refractivity contribution >= 4 is 22.8 Å². The van der Waals surface area contributed by atoms with Gasteiger partial charge in [0.1, 0.15) is 5.75 Å². The van der Waals surface area contributed by atoms with Crippen LogP contribution in [0.2, 0.25) is 0 Å². The van der Waals surface area contributed by atoms with Crippen LogP contribution in [0.3, 0.4) is 0 Å². The summed E-state index contributed by atoms with van der Waals surface area (Å²) >= 11 is 0. The minimum absolute atomic E-state index is 0.121. The molecule has 0 aliphatic carbocycles. The fourth-order valence-electron chi connectivity index (χ4n) is 2.51. The average Bonchev–Trinajstić information content (AvgIpc) is 3.01. The Morgan fingerprint density at radius 2 is 1.79 bits per heavy atom. The van der Waals surface area contributed by atoms with Gasteiger partial charge in [-0.05, 0) is 25.1 Å². The van der Waals surface area contributed by atoms with Crippen LogP contribution in [-0.2, 0) is 4.74 Å². The minimum atomic E-state index is -0.555. The molecule has 2 aromatic carbocycles. The Kier molecular flexibility index (Phi) is 4.29. The van der Waals surface area contributed by atoms with Gasteiger partial charge in [-0.25, -0.2) is 4.79 Å². The van der Waals surface area contributed by atoms with Crippen molar-refractivity contribution < 1.29 is 19.1 Å². The van der Waals surface area contributed by atoms with E-state index in [9.17, 15) is 9.59 Å². The van der Waals surface area contributed by atoms with Crippen LogP contribution in [-0.4, -0.2) is 35.4 Å². The summed E-state index contributed by atoms with van der Waals surface area (Å²) in [5.41, 5.74) is 1.02. The van der Waals surface area contributed by atoms with Gasteiger partial charge in [0.2, 0.25) is 0 Å². The third-order valence-electron chi connectivity index (χ3n) is 3.59. The van der Waals surface area contributed by atoms with E-state index in [1.807, 2.05) is 0 Å². The van der Waals surface area contributed by atoms with Crippen molar-refractivity contribution in [3.05, 3.63) is 59.8 Å². The molecular weight excluding hydrogens is 308 g/mol. The van der Waals surface area contributed by atoms with Crippen LogP contribution >= 0.6 is 0 Å². The first-order valence-corrected chi connectivity index (χ1v) is 7.50. The lowest BCUT2D eigenvalue weighted by atomic mass is 10.1. The molecule has 1 aromatic heterocycles. The number of rotatable bonds is 4. The highest BCUT2D eigenvalue weighted by atomic mass is 16.5. The first kappa shape index (κ1) is 15.7. The third-order valence-corrected chi connectivity index (χ3v) is 3.59. The van der Waals surface area contributed by atoms with Gasteiger partial charge in [0.05, 0.1) is 24.8 Å². The Morgan fingerprint density at radius 3 is 2.54 bits per heavy atom. The molecule has 3 rings (SSSR count). The van der Waals surface area contributed by atoms with E-state index in [-0.39, 0.29) is 18.2 Å². The van der Waals surface area contributed by atoms with Crippen molar-refractivity contribution in [3.8, 4) is 5.75 Å². The van der Waals surface area contributed by atoms with Crippen molar-refractivity contribution in [1.82, 2.24) is 9.78 Å². The molecule has 0 N–H and O–H groups in total. The average molecular weight is 324 g/mol. The summed E-state index contributed by atoms with van der Waals surface area (Å²) in [5, 5.41) is 4.77. The van der Waals surface area contributed by atoms with Crippen LogP contribution in [0.4, 0.5) is 0 Å². The quantitative estimate of drug-likeness (QED) is 0.690. The molecule has 0 aliphatic rings. The molecule has 0 amide bonds. The van der Waals surface area contributed by atoms with Crippen LogP contribution in [0.25, 0.3) is 10.9 Å². The van der Waals surface area contributed by atoms with Crippen molar-refractivity contribution in [3.63, 3.8) is 0 Å². The van der Waals surface area contributed by atoms with Crippen LogP contribution in [0.15, 0.2) is 48.5 Å². The van der Waals surface area contributed by atoms with E-state index in [1.54, 1.807) is 55.5 Å². The molecule has 0 spiro atoms. The Labute approximate surface area is 138 Å². The molecule has 0 radical (unpaired) electrons. The fraction of sp³-hybridized carbons (Fsp3) is 0.167. The second kappa shape index (κ2) is 6.54. The molecule has 6 nitrogen and oxygen atoms in total. The smallest absolute Gasteiger partial charge is 0.359 e. The third kappa shape index (κ3) is 2.62. The summed E-state index contributed by atoms with van der Waals surface area (Å²) < 4.78 is 11.5. The first-order chi connectivity index (χ1) is 11.7. The van der Waals surface area contributed by atoms with E-state index in [2.05, 4.69) is 5.10 Å². The first-order valence-electron chi connectivity index (χ1n) is 7.50. The van der Waals surface area contributed by atoms with E-state index >= 15 is 0 Å². The number of hydrogen-bond acceptors (Lipinski definition) is 5. The molecule has 6 heteroatoms. The maximum absolute atomic E-state index is 12.9. The number of para-hydroxylation sites is 2. The molecule has 1 heterocycles. The van der Waals surface area contributed by atoms with E-state index < -0.39 is 5.97 Å². The molecule has 0 atom stereocenters. The highest BCUT2D eigenvalue weighted by Gasteiger charge is 2.23. The van der Waals surface area contributed by atoms with Crippen LogP contribution in [0, 0.1) is 0 Å². The molecule has 122 valence electrons. The maximum atomic E-state index is 12.9. The summed E-state index contributed by atoms with van der Waals surface area (Å²) in [6, 6.07) is 13.9. The summed E-state index contributed by atoms with van der Waals surface area (Å²) in [5.74, 6) is -0.487. The van der Waals surface area contributed by atoms with E-state index in [0.717, 1.165) is 0 Å². The topological polar surface area (TPSA) is 70.4 Å². The minimum Gasteiger partial charge on any atom is -0.496 e.